The maximum atomic E-state index is 9.25. The molecule has 0 amide bonds. The normalized spacial score (nSPS) is 11.8. The average Bonchev–Trinajstić information content (AvgIpc) is 2.88. The maximum absolute atomic E-state index is 9.25. The smallest absolute Gasteiger partial charge is 0.193 e. The number of rotatable bonds is 2. The van der Waals surface area contributed by atoms with Gasteiger partial charge in [0.2, 0.25) is 0 Å². The lowest BCUT2D eigenvalue weighted by molar-refractivity contribution is 0.233. The lowest BCUT2D eigenvalue weighted by Gasteiger charge is -2.00. The minimum Gasteiger partial charge on any atom is -0.453 e. The molecule has 1 heterocycles. The Hall–Kier alpha value is -2.30. The van der Waals surface area contributed by atoms with Crippen LogP contribution >= 0.6 is 11.6 Å². The van der Waals surface area contributed by atoms with Crippen molar-refractivity contribution in [1.29, 1.82) is 0 Å². The van der Waals surface area contributed by atoms with E-state index in [1.54, 1.807) is 24.3 Å². The Morgan fingerprint density at radius 1 is 1.10 bits per heavy atom. The van der Waals surface area contributed by atoms with Gasteiger partial charge < -0.3 is 4.42 Å². The van der Waals surface area contributed by atoms with E-state index < -0.39 is 0 Å². The monoisotopic (exact) mass is 286 g/mol. The Balaban J connectivity index is 2.05. The lowest BCUT2D eigenvalue weighted by Crippen LogP contribution is -2.19. The number of fused-ring (bicyclic) bond motifs is 1. The molecule has 2 N–H and O–H groups in total. The zero-order chi connectivity index (χ0) is 13.9. The molecule has 0 radical (unpaired) electrons. The van der Waals surface area contributed by atoms with Crippen molar-refractivity contribution in [2.45, 2.75) is 0 Å². The molecule has 3 rings (SSSR count). The molecular weight excluding hydrogens is 276 g/mol. The fraction of sp³-hybridized carbons (Fsp3) is 0. The minimum absolute atomic E-state index is 0.239. The van der Waals surface area contributed by atoms with E-state index in [9.17, 15) is 5.21 Å². The summed E-state index contributed by atoms with van der Waals surface area (Å²) >= 11 is 5.93. The summed E-state index contributed by atoms with van der Waals surface area (Å²) in [6, 6.07) is 16.4. The van der Waals surface area contributed by atoms with Gasteiger partial charge in [0.05, 0.1) is 5.69 Å². The van der Waals surface area contributed by atoms with Crippen LogP contribution in [0, 0.1) is 0 Å². The van der Waals surface area contributed by atoms with Crippen LogP contribution in [0.1, 0.15) is 5.76 Å². The first-order valence-electron chi connectivity index (χ1n) is 5.99. The quantitative estimate of drug-likeness (QED) is 0.423. The van der Waals surface area contributed by atoms with Crippen LogP contribution < -0.4 is 5.48 Å². The van der Waals surface area contributed by atoms with Gasteiger partial charge in [-0.2, -0.15) is 0 Å². The van der Waals surface area contributed by atoms with Gasteiger partial charge in [0.15, 0.2) is 11.6 Å². The molecule has 0 spiro atoms. The van der Waals surface area contributed by atoms with Crippen molar-refractivity contribution in [3.05, 3.63) is 65.4 Å². The van der Waals surface area contributed by atoms with Gasteiger partial charge >= 0.3 is 0 Å². The highest BCUT2D eigenvalue weighted by Gasteiger charge is 2.10. The summed E-state index contributed by atoms with van der Waals surface area (Å²) in [5.41, 5.74) is 3.46. The predicted octanol–water partition coefficient (Wildman–Crippen LogP) is 4.14. The minimum atomic E-state index is 0.239. The molecule has 3 aromatic rings. The summed E-state index contributed by atoms with van der Waals surface area (Å²) in [4.78, 5) is 4.29. The molecule has 0 bridgehead atoms. The molecule has 0 aliphatic carbocycles. The van der Waals surface area contributed by atoms with Crippen LogP contribution in [0.2, 0.25) is 5.02 Å². The zero-order valence-corrected chi connectivity index (χ0v) is 11.1. The fourth-order valence-electron chi connectivity index (χ4n) is 1.90. The van der Waals surface area contributed by atoms with E-state index in [1.165, 1.54) is 0 Å². The fourth-order valence-corrected chi connectivity index (χ4v) is 2.08. The number of halogens is 1. The Morgan fingerprint density at radius 3 is 2.65 bits per heavy atom. The van der Waals surface area contributed by atoms with Crippen LogP contribution in [-0.4, -0.2) is 11.0 Å². The maximum Gasteiger partial charge on any atom is 0.193 e. The molecule has 2 aromatic carbocycles. The largest absolute Gasteiger partial charge is 0.453 e. The number of aliphatic imine (C=N–C) groups is 1. The number of hydroxylamine groups is 1. The first-order chi connectivity index (χ1) is 9.76. The highest BCUT2D eigenvalue weighted by molar-refractivity contribution is 6.31. The molecule has 0 saturated carbocycles. The van der Waals surface area contributed by atoms with E-state index in [4.69, 9.17) is 16.0 Å². The first-order valence-corrected chi connectivity index (χ1v) is 6.37. The second-order valence-electron chi connectivity index (χ2n) is 4.20. The van der Waals surface area contributed by atoms with Crippen LogP contribution in [0.25, 0.3) is 11.0 Å². The number of nitrogens with zero attached hydrogens (tertiary/aromatic N) is 1. The molecule has 100 valence electrons. The van der Waals surface area contributed by atoms with E-state index >= 15 is 0 Å². The van der Waals surface area contributed by atoms with Crippen LogP contribution in [0.4, 0.5) is 5.69 Å². The lowest BCUT2D eigenvalue weighted by atomic mass is 10.2. The van der Waals surface area contributed by atoms with Crippen molar-refractivity contribution in [3.8, 4) is 0 Å². The number of hydrogen-bond donors (Lipinski definition) is 2. The van der Waals surface area contributed by atoms with E-state index in [0.29, 0.717) is 22.1 Å². The molecule has 20 heavy (non-hydrogen) atoms. The van der Waals surface area contributed by atoms with Gasteiger partial charge in [-0.15, -0.1) is 0 Å². The van der Waals surface area contributed by atoms with Crippen LogP contribution in [0.15, 0.2) is 64.0 Å². The molecule has 0 fully saturated rings. The molecule has 0 unspecified atom stereocenters. The second-order valence-corrected chi connectivity index (χ2v) is 4.64. The number of para-hydroxylation sites is 1. The summed E-state index contributed by atoms with van der Waals surface area (Å²) in [5.74, 6) is 0.678. The third-order valence-electron chi connectivity index (χ3n) is 2.81. The molecule has 0 atom stereocenters. The zero-order valence-electron chi connectivity index (χ0n) is 10.4. The van der Waals surface area contributed by atoms with Crippen molar-refractivity contribution in [3.63, 3.8) is 0 Å². The molecule has 4 nitrogen and oxygen atoms in total. The van der Waals surface area contributed by atoms with Gasteiger partial charge in [-0.25, -0.2) is 10.5 Å². The van der Waals surface area contributed by atoms with Gasteiger partial charge in [0, 0.05) is 10.4 Å². The highest BCUT2D eigenvalue weighted by atomic mass is 35.5. The number of benzene rings is 2. The van der Waals surface area contributed by atoms with Crippen molar-refractivity contribution in [1.82, 2.24) is 5.48 Å². The van der Waals surface area contributed by atoms with Gasteiger partial charge in [-0.3, -0.25) is 5.21 Å². The summed E-state index contributed by atoms with van der Waals surface area (Å²) < 4.78 is 5.64. The summed E-state index contributed by atoms with van der Waals surface area (Å²) in [5, 5.41) is 10.7. The number of hydrogen-bond acceptors (Lipinski definition) is 3. The van der Waals surface area contributed by atoms with Gasteiger partial charge in [-0.1, -0.05) is 29.8 Å². The average molecular weight is 287 g/mol. The third kappa shape index (κ3) is 2.52. The van der Waals surface area contributed by atoms with Crippen LogP contribution in [0.3, 0.4) is 0 Å². The number of amidine groups is 1. The van der Waals surface area contributed by atoms with Gasteiger partial charge in [0.25, 0.3) is 0 Å². The molecule has 0 aliphatic rings. The van der Waals surface area contributed by atoms with Crippen molar-refractivity contribution in [2.75, 3.05) is 0 Å². The van der Waals surface area contributed by atoms with Crippen molar-refractivity contribution < 1.29 is 9.62 Å². The molecule has 0 saturated heterocycles. The summed E-state index contributed by atoms with van der Waals surface area (Å²) in [6.45, 7) is 0. The highest BCUT2D eigenvalue weighted by Crippen LogP contribution is 2.24. The molecule has 5 heteroatoms. The number of nitrogens with one attached hydrogen (secondary N) is 1. The topological polar surface area (TPSA) is 57.8 Å². The Labute approximate surface area is 120 Å². The van der Waals surface area contributed by atoms with E-state index in [-0.39, 0.29) is 5.84 Å². The Kier molecular flexibility index (Phi) is 3.41. The summed E-state index contributed by atoms with van der Waals surface area (Å²) in [6.07, 6.45) is 0. The van der Waals surface area contributed by atoms with Crippen LogP contribution in [-0.2, 0) is 0 Å². The van der Waals surface area contributed by atoms with E-state index in [2.05, 4.69) is 10.5 Å². The van der Waals surface area contributed by atoms with Crippen molar-refractivity contribution in [2.24, 2.45) is 4.99 Å². The number of furan rings is 1. The molecule has 1 aromatic heterocycles. The third-order valence-corrected chi connectivity index (χ3v) is 3.05. The standard InChI is InChI=1S/C15H11ClN2O2/c16-11-6-7-13-10(8-11)9-14(20-13)15(18-19)17-12-4-2-1-3-5-12/h1-9,19H,(H,17,18). The predicted molar refractivity (Wildman–Crippen MR) is 78.8 cm³/mol. The molecular formula is C15H11ClN2O2. The first kappa shape index (κ1) is 12.7. The van der Waals surface area contributed by atoms with Gasteiger partial charge in [-0.05, 0) is 36.4 Å². The Bertz CT molecular complexity index is 766. The summed E-state index contributed by atoms with van der Waals surface area (Å²) in [7, 11) is 0. The SMILES string of the molecule is ONC(=Nc1ccccc1)c1cc2cc(Cl)ccc2o1. The molecule has 0 aliphatic heterocycles. The van der Waals surface area contributed by atoms with E-state index in [1.807, 2.05) is 30.3 Å². The second kappa shape index (κ2) is 5.36. The van der Waals surface area contributed by atoms with Gasteiger partial charge in [0.1, 0.15) is 5.58 Å². The van der Waals surface area contributed by atoms with Crippen molar-refractivity contribution >= 4 is 34.1 Å². The Morgan fingerprint density at radius 2 is 1.90 bits per heavy atom. The van der Waals surface area contributed by atoms with Crippen LogP contribution in [0.5, 0.6) is 0 Å². The van der Waals surface area contributed by atoms with E-state index in [0.717, 1.165) is 5.39 Å².